The van der Waals surface area contributed by atoms with Crippen LogP contribution in [0.5, 0.6) is 0 Å². The summed E-state index contributed by atoms with van der Waals surface area (Å²) < 4.78 is 0. The maximum absolute atomic E-state index is 13.1. The Kier molecular flexibility index (Phi) is 5.67. The van der Waals surface area contributed by atoms with Crippen molar-refractivity contribution in [1.29, 1.82) is 0 Å². The van der Waals surface area contributed by atoms with Crippen LogP contribution < -0.4 is 16.0 Å². The first-order valence-electron chi connectivity index (χ1n) is 10.3. The summed E-state index contributed by atoms with van der Waals surface area (Å²) in [6.07, 6.45) is 0.352. The van der Waals surface area contributed by atoms with Gasteiger partial charge in [-0.1, -0.05) is 23.7 Å². The molecule has 2 aliphatic heterocycles. The molecule has 2 aliphatic rings. The number of hydrogen-bond acceptors (Lipinski definition) is 5. The summed E-state index contributed by atoms with van der Waals surface area (Å²) in [5.41, 5.74) is 1.16. The number of nitrogens with zero attached hydrogens (tertiary/aromatic N) is 1. The molecule has 0 saturated carbocycles. The highest BCUT2D eigenvalue weighted by atomic mass is 35.5. The lowest BCUT2D eigenvalue weighted by atomic mass is 9.89. The second kappa shape index (κ2) is 8.32. The molecule has 1 unspecified atom stereocenters. The number of anilines is 1. The molecule has 10 heteroatoms. The van der Waals surface area contributed by atoms with Gasteiger partial charge >= 0.3 is 6.03 Å². The molecule has 4 rings (SSSR count). The normalized spacial score (nSPS) is 19.7. The molecule has 9 nitrogen and oxygen atoms in total. The minimum Gasteiger partial charge on any atom is -0.320 e. The standard InChI is InChI=1S/C23H21ClN4O5/c1-12-3-6-15(10-17(12)24)25-22(33)27-19(30)13-4-5-14-11-28(20(31)16(14)9-13)23(2)8-7-18(29)26-21(23)32/h3-6,9-10H,7-8,11H2,1-2H3,(H,26,29,32)(H2,25,27,30,33). The third-order valence-electron chi connectivity index (χ3n) is 6.01. The van der Waals surface area contributed by atoms with E-state index < -0.39 is 29.3 Å². The van der Waals surface area contributed by atoms with Crippen LogP contribution in [-0.4, -0.2) is 40.1 Å². The van der Waals surface area contributed by atoms with Gasteiger partial charge in [-0.3, -0.25) is 29.8 Å². The summed E-state index contributed by atoms with van der Waals surface area (Å²) in [5, 5.41) is 7.51. The molecular weight excluding hydrogens is 448 g/mol. The molecule has 33 heavy (non-hydrogen) atoms. The van der Waals surface area contributed by atoms with Crippen LogP contribution in [-0.2, 0) is 16.1 Å². The van der Waals surface area contributed by atoms with Crippen molar-refractivity contribution in [2.75, 3.05) is 5.32 Å². The van der Waals surface area contributed by atoms with Crippen LogP contribution in [0, 0.1) is 6.92 Å². The zero-order chi connectivity index (χ0) is 23.9. The van der Waals surface area contributed by atoms with E-state index in [-0.39, 0.29) is 36.4 Å². The monoisotopic (exact) mass is 468 g/mol. The molecule has 0 aromatic heterocycles. The van der Waals surface area contributed by atoms with Gasteiger partial charge in [-0.2, -0.15) is 0 Å². The third kappa shape index (κ3) is 4.19. The van der Waals surface area contributed by atoms with Gasteiger partial charge in [0.25, 0.3) is 17.7 Å². The number of halogens is 1. The summed E-state index contributed by atoms with van der Waals surface area (Å²) >= 11 is 6.04. The minimum atomic E-state index is -1.17. The van der Waals surface area contributed by atoms with Gasteiger partial charge in [0.2, 0.25) is 5.91 Å². The average Bonchev–Trinajstić information content (AvgIpc) is 3.10. The highest BCUT2D eigenvalue weighted by molar-refractivity contribution is 6.31. The van der Waals surface area contributed by atoms with Gasteiger partial charge in [-0.15, -0.1) is 0 Å². The van der Waals surface area contributed by atoms with E-state index in [0.717, 1.165) is 5.56 Å². The van der Waals surface area contributed by atoms with E-state index in [2.05, 4.69) is 16.0 Å². The fourth-order valence-corrected chi connectivity index (χ4v) is 4.08. The Labute approximate surface area is 194 Å². The molecule has 0 spiro atoms. The number of amides is 6. The van der Waals surface area contributed by atoms with Crippen molar-refractivity contribution in [3.63, 3.8) is 0 Å². The van der Waals surface area contributed by atoms with Crippen molar-refractivity contribution in [3.05, 3.63) is 63.7 Å². The van der Waals surface area contributed by atoms with E-state index in [1.807, 2.05) is 6.92 Å². The van der Waals surface area contributed by atoms with E-state index in [0.29, 0.717) is 16.3 Å². The number of carbonyl (C=O) groups is 5. The van der Waals surface area contributed by atoms with Gasteiger partial charge in [0.05, 0.1) is 0 Å². The third-order valence-corrected chi connectivity index (χ3v) is 6.42. The molecule has 1 saturated heterocycles. The number of hydrogen-bond donors (Lipinski definition) is 3. The maximum Gasteiger partial charge on any atom is 0.326 e. The Bertz CT molecular complexity index is 1230. The lowest BCUT2D eigenvalue weighted by molar-refractivity contribution is -0.142. The molecule has 0 radical (unpaired) electrons. The fraction of sp³-hybridized carbons (Fsp3) is 0.261. The number of nitrogens with one attached hydrogen (secondary N) is 3. The van der Waals surface area contributed by atoms with E-state index in [1.165, 1.54) is 17.0 Å². The molecule has 170 valence electrons. The number of carbonyl (C=O) groups excluding carboxylic acids is 5. The Hall–Kier alpha value is -3.72. The van der Waals surface area contributed by atoms with Crippen LogP contribution in [0.2, 0.25) is 5.02 Å². The summed E-state index contributed by atoms with van der Waals surface area (Å²) in [7, 11) is 0. The second-order valence-corrected chi connectivity index (χ2v) is 8.69. The number of urea groups is 1. The van der Waals surface area contributed by atoms with Crippen molar-refractivity contribution in [1.82, 2.24) is 15.5 Å². The Morgan fingerprint density at radius 2 is 1.88 bits per heavy atom. The number of piperidine rings is 1. The first kappa shape index (κ1) is 22.5. The first-order valence-corrected chi connectivity index (χ1v) is 10.6. The van der Waals surface area contributed by atoms with Gasteiger partial charge < -0.3 is 10.2 Å². The zero-order valence-corrected chi connectivity index (χ0v) is 18.7. The van der Waals surface area contributed by atoms with Crippen LogP contribution in [0.15, 0.2) is 36.4 Å². The largest absolute Gasteiger partial charge is 0.326 e. The fourth-order valence-electron chi connectivity index (χ4n) is 3.90. The molecule has 2 aromatic rings. The SMILES string of the molecule is Cc1ccc(NC(=O)NC(=O)c2ccc3c(c2)C(=O)N(C2(C)CCC(=O)NC2=O)C3)cc1Cl. The summed E-state index contributed by atoms with van der Waals surface area (Å²) in [6, 6.07) is 8.74. The quantitative estimate of drug-likeness (QED) is 0.597. The smallest absolute Gasteiger partial charge is 0.320 e. The number of imide groups is 2. The van der Waals surface area contributed by atoms with Gasteiger partial charge in [0, 0.05) is 34.8 Å². The Morgan fingerprint density at radius 1 is 1.12 bits per heavy atom. The lowest BCUT2D eigenvalue weighted by Crippen LogP contribution is -2.61. The number of aryl methyl sites for hydroxylation is 1. The first-order chi connectivity index (χ1) is 15.6. The van der Waals surface area contributed by atoms with Crippen molar-refractivity contribution < 1.29 is 24.0 Å². The number of rotatable bonds is 3. The Balaban J connectivity index is 1.47. The summed E-state index contributed by atoms with van der Waals surface area (Å²) in [4.78, 5) is 63.2. The molecule has 3 N–H and O–H groups in total. The summed E-state index contributed by atoms with van der Waals surface area (Å²) in [6.45, 7) is 3.63. The van der Waals surface area contributed by atoms with Gasteiger partial charge in [-0.25, -0.2) is 4.79 Å². The van der Waals surface area contributed by atoms with Crippen LogP contribution in [0.4, 0.5) is 10.5 Å². The van der Waals surface area contributed by atoms with Gasteiger partial charge in [0.15, 0.2) is 0 Å². The van der Waals surface area contributed by atoms with E-state index in [9.17, 15) is 24.0 Å². The van der Waals surface area contributed by atoms with Crippen molar-refractivity contribution in [3.8, 4) is 0 Å². The predicted molar refractivity (Wildman–Crippen MR) is 120 cm³/mol. The molecular formula is C23H21ClN4O5. The van der Waals surface area contributed by atoms with Gasteiger partial charge in [0.1, 0.15) is 5.54 Å². The van der Waals surface area contributed by atoms with Crippen LogP contribution in [0.25, 0.3) is 0 Å². The number of fused-ring (bicyclic) bond motifs is 1. The second-order valence-electron chi connectivity index (χ2n) is 8.29. The topological polar surface area (TPSA) is 125 Å². The van der Waals surface area contributed by atoms with Crippen LogP contribution in [0.1, 0.15) is 51.6 Å². The number of benzene rings is 2. The average molecular weight is 469 g/mol. The van der Waals surface area contributed by atoms with Crippen LogP contribution >= 0.6 is 11.6 Å². The highest BCUT2D eigenvalue weighted by Gasteiger charge is 2.48. The van der Waals surface area contributed by atoms with E-state index in [1.54, 1.807) is 31.2 Å². The molecule has 1 fully saturated rings. The molecule has 2 aromatic carbocycles. The lowest BCUT2D eigenvalue weighted by Gasteiger charge is -2.39. The van der Waals surface area contributed by atoms with Crippen LogP contribution in [0.3, 0.4) is 0 Å². The van der Waals surface area contributed by atoms with Gasteiger partial charge in [-0.05, 0) is 55.7 Å². The zero-order valence-electron chi connectivity index (χ0n) is 18.0. The highest BCUT2D eigenvalue weighted by Crippen LogP contribution is 2.34. The molecule has 2 heterocycles. The predicted octanol–water partition coefficient (Wildman–Crippen LogP) is 2.76. The molecule has 0 aliphatic carbocycles. The molecule has 6 amide bonds. The summed E-state index contributed by atoms with van der Waals surface area (Å²) in [5.74, 6) is -1.99. The maximum atomic E-state index is 13.1. The Morgan fingerprint density at radius 3 is 2.58 bits per heavy atom. The minimum absolute atomic E-state index is 0.120. The van der Waals surface area contributed by atoms with E-state index >= 15 is 0 Å². The van der Waals surface area contributed by atoms with Crippen molar-refractivity contribution in [2.24, 2.45) is 0 Å². The van der Waals surface area contributed by atoms with E-state index in [4.69, 9.17) is 11.6 Å². The molecule has 0 bridgehead atoms. The van der Waals surface area contributed by atoms with Crippen molar-refractivity contribution in [2.45, 2.75) is 38.8 Å². The van der Waals surface area contributed by atoms with Crippen molar-refractivity contribution >= 4 is 46.9 Å². The molecule has 1 atom stereocenters.